The predicted octanol–water partition coefficient (Wildman–Crippen LogP) is 3.42. The number of hydrogen-bond acceptors (Lipinski definition) is 2. The Morgan fingerprint density at radius 1 is 1.19 bits per heavy atom. The van der Waals surface area contributed by atoms with Crippen molar-refractivity contribution in [2.45, 2.75) is 31.6 Å². The molecule has 4 nitrogen and oxygen atoms in total. The van der Waals surface area contributed by atoms with Crippen LogP contribution in [-0.2, 0) is 12.7 Å². The maximum Gasteiger partial charge on any atom is 0.416 e. The molecule has 3 aliphatic rings. The first-order valence-corrected chi connectivity index (χ1v) is 8.71. The first-order valence-electron chi connectivity index (χ1n) is 8.71. The Balaban J connectivity index is 1.82. The second-order valence-corrected chi connectivity index (χ2v) is 7.41. The lowest BCUT2D eigenvalue weighted by molar-refractivity contribution is -0.138. The summed E-state index contributed by atoms with van der Waals surface area (Å²) in [6.07, 6.45) is -2.73. The van der Waals surface area contributed by atoms with Gasteiger partial charge < -0.3 is 9.80 Å². The molecule has 2 atom stereocenters. The van der Waals surface area contributed by atoms with E-state index in [-0.39, 0.29) is 30.1 Å². The number of halogens is 4. The van der Waals surface area contributed by atoms with Crippen molar-refractivity contribution in [3.63, 3.8) is 0 Å². The maximum atomic E-state index is 13.6. The number of fused-ring (bicyclic) bond motifs is 4. The second-order valence-electron chi connectivity index (χ2n) is 7.41. The standard InChI is InChI=1S/C18H23F4N3O/c1-23(2)17(26)25-9-12-3-5-15(11-25)24(8-12)10-13-7-14(19)4-6-16(13)18(20,21)22/h4,6-7,12,15H,3,5,8-11H2,1-2H3/t12-,15-/m0/s1. The fraction of sp³-hybridized carbons (Fsp3) is 0.611. The van der Waals surface area contributed by atoms with Gasteiger partial charge in [-0.15, -0.1) is 0 Å². The molecule has 2 amide bonds. The molecule has 0 aromatic heterocycles. The van der Waals surface area contributed by atoms with Gasteiger partial charge in [0.25, 0.3) is 0 Å². The third-order valence-electron chi connectivity index (χ3n) is 5.23. The van der Waals surface area contributed by atoms with Crippen LogP contribution < -0.4 is 0 Å². The first kappa shape index (κ1) is 18.9. The SMILES string of the molecule is CN(C)C(=O)N1C[C@H]2CC[C@@H](C1)N(Cc1cc(F)ccc1C(F)(F)F)C2. The van der Waals surface area contributed by atoms with Gasteiger partial charge in [-0.05, 0) is 42.5 Å². The van der Waals surface area contributed by atoms with Gasteiger partial charge in [0.2, 0.25) is 0 Å². The average molecular weight is 373 g/mol. The Kier molecular flexibility index (Phi) is 5.14. The summed E-state index contributed by atoms with van der Waals surface area (Å²) in [7, 11) is 3.38. The third-order valence-corrected chi connectivity index (χ3v) is 5.23. The molecule has 26 heavy (non-hydrogen) atoms. The van der Waals surface area contributed by atoms with E-state index in [0.29, 0.717) is 19.6 Å². The number of piperidine rings is 1. The minimum absolute atomic E-state index is 0.0120. The number of amides is 2. The van der Waals surface area contributed by atoms with Crippen LogP contribution in [0.4, 0.5) is 22.4 Å². The maximum absolute atomic E-state index is 13.6. The zero-order chi connectivity index (χ0) is 19.1. The second kappa shape index (κ2) is 7.06. The number of alkyl halides is 3. The normalized spacial score (nSPS) is 23.8. The van der Waals surface area contributed by atoms with Crippen molar-refractivity contribution in [1.82, 2.24) is 14.7 Å². The Bertz CT molecular complexity index is 677. The fourth-order valence-electron chi connectivity index (χ4n) is 4.00. The lowest BCUT2D eigenvalue weighted by atomic mass is 9.94. The summed E-state index contributed by atoms with van der Waals surface area (Å²) in [5, 5.41) is 0. The van der Waals surface area contributed by atoms with Gasteiger partial charge in [0, 0.05) is 46.3 Å². The molecule has 1 aromatic carbocycles. The van der Waals surface area contributed by atoms with Crippen LogP contribution in [0.1, 0.15) is 24.0 Å². The van der Waals surface area contributed by atoms with Gasteiger partial charge in [-0.3, -0.25) is 4.90 Å². The number of carbonyl (C=O) groups excluding carboxylic acids is 1. The van der Waals surface area contributed by atoms with Gasteiger partial charge in [-0.2, -0.15) is 13.2 Å². The van der Waals surface area contributed by atoms with E-state index in [4.69, 9.17) is 0 Å². The average Bonchev–Trinajstić information content (AvgIpc) is 2.84. The van der Waals surface area contributed by atoms with Crippen molar-refractivity contribution in [3.05, 3.63) is 35.1 Å². The molecule has 3 saturated heterocycles. The topological polar surface area (TPSA) is 26.8 Å². The highest BCUT2D eigenvalue weighted by molar-refractivity contribution is 5.74. The zero-order valence-electron chi connectivity index (χ0n) is 14.9. The summed E-state index contributed by atoms with van der Waals surface area (Å²) in [5.74, 6) is -0.446. The molecule has 0 unspecified atom stereocenters. The van der Waals surface area contributed by atoms with E-state index >= 15 is 0 Å². The molecule has 144 valence electrons. The van der Waals surface area contributed by atoms with E-state index in [9.17, 15) is 22.4 Å². The number of rotatable bonds is 2. The Morgan fingerprint density at radius 2 is 1.92 bits per heavy atom. The summed E-state index contributed by atoms with van der Waals surface area (Å²) < 4.78 is 53.3. The monoisotopic (exact) mass is 373 g/mol. The van der Waals surface area contributed by atoms with Crippen molar-refractivity contribution in [1.29, 1.82) is 0 Å². The van der Waals surface area contributed by atoms with E-state index in [1.807, 2.05) is 4.90 Å². The van der Waals surface area contributed by atoms with Gasteiger partial charge in [-0.25, -0.2) is 9.18 Å². The smallest absolute Gasteiger partial charge is 0.331 e. The molecule has 4 rings (SSSR count). The lowest BCUT2D eigenvalue weighted by Gasteiger charge is -2.36. The van der Waals surface area contributed by atoms with E-state index in [1.54, 1.807) is 19.0 Å². The molecule has 3 heterocycles. The van der Waals surface area contributed by atoms with Crippen LogP contribution in [0.3, 0.4) is 0 Å². The van der Waals surface area contributed by atoms with Gasteiger partial charge >= 0.3 is 12.2 Å². The quantitative estimate of drug-likeness (QED) is 0.743. The molecule has 0 aliphatic carbocycles. The van der Waals surface area contributed by atoms with Crippen molar-refractivity contribution in [2.24, 2.45) is 5.92 Å². The van der Waals surface area contributed by atoms with Crippen LogP contribution in [0.15, 0.2) is 18.2 Å². The van der Waals surface area contributed by atoms with Crippen LogP contribution in [0.5, 0.6) is 0 Å². The molecule has 0 saturated carbocycles. The van der Waals surface area contributed by atoms with Gasteiger partial charge in [-0.1, -0.05) is 0 Å². The third kappa shape index (κ3) is 3.95. The molecule has 2 bridgehead atoms. The minimum Gasteiger partial charge on any atom is -0.331 e. The van der Waals surface area contributed by atoms with E-state index in [2.05, 4.69) is 0 Å². The molecular formula is C18H23F4N3O. The summed E-state index contributed by atoms with van der Waals surface area (Å²) in [6.45, 7) is 1.76. The number of hydrogen-bond donors (Lipinski definition) is 0. The Labute approximate surface area is 150 Å². The summed E-state index contributed by atoms with van der Waals surface area (Å²) >= 11 is 0. The van der Waals surface area contributed by atoms with Gasteiger partial charge in [0.05, 0.1) is 5.56 Å². The fourth-order valence-corrected chi connectivity index (χ4v) is 4.00. The first-order chi connectivity index (χ1) is 12.1. The largest absolute Gasteiger partial charge is 0.416 e. The van der Waals surface area contributed by atoms with E-state index in [0.717, 1.165) is 31.0 Å². The predicted molar refractivity (Wildman–Crippen MR) is 89.0 cm³/mol. The molecule has 3 aliphatic heterocycles. The van der Waals surface area contributed by atoms with Gasteiger partial charge in [0.15, 0.2) is 0 Å². The van der Waals surface area contributed by atoms with Crippen LogP contribution in [0.25, 0.3) is 0 Å². The summed E-state index contributed by atoms with van der Waals surface area (Å²) in [4.78, 5) is 17.6. The van der Waals surface area contributed by atoms with Crippen molar-refractivity contribution >= 4 is 6.03 Å². The molecule has 8 heteroatoms. The highest BCUT2D eigenvalue weighted by atomic mass is 19.4. The van der Waals surface area contributed by atoms with Crippen molar-refractivity contribution in [3.8, 4) is 0 Å². The van der Waals surface area contributed by atoms with Crippen LogP contribution in [-0.4, -0.2) is 60.5 Å². The molecular weight excluding hydrogens is 350 g/mol. The number of urea groups is 1. The van der Waals surface area contributed by atoms with Crippen LogP contribution in [0.2, 0.25) is 0 Å². The van der Waals surface area contributed by atoms with Crippen molar-refractivity contribution in [2.75, 3.05) is 33.7 Å². The number of nitrogens with zero attached hydrogens (tertiary/aromatic N) is 3. The minimum atomic E-state index is -4.51. The highest BCUT2D eigenvalue weighted by Gasteiger charge is 2.39. The Morgan fingerprint density at radius 3 is 2.58 bits per heavy atom. The molecule has 0 radical (unpaired) electrons. The Hall–Kier alpha value is -1.83. The number of benzene rings is 1. The molecule has 3 fully saturated rings. The van der Waals surface area contributed by atoms with Crippen LogP contribution >= 0.6 is 0 Å². The molecule has 1 aromatic rings. The number of carbonyl (C=O) groups is 1. The highest BCUT2D eigenvalue weighted by Crippen LogP contribution is 2.35. The van der Waals surface area contributed by atoms with E-state index < -0.39 is 17.6 Å². The summed E-state index contributed by atoms with van der Waals surface area (Å²) in [5.41, 5.74) is -0.837. The molecule has 0 N–H and O–H groups in total. The van der Waals surface area contributed by atoms with E-state index in [1.165, 1.54) is 4.90 Å². The van der Waals surface area contributed by atoms with Gasteiger partial charge in [0.1, 0.15) is 5.82 Å². The molecule has 0 spiro atoms. The van der Waals surface area contributed by atoms with Crippen LogP contribution in [0, 0.1) is 11.7 Å². The lowest BCUT2D eigenvalue weighted by Crippen LogP contribution is -2.45. The zero-order valence-corrected chi connectivity index (χ0v) is 14.9. The summed E-state index contributed by atoms with van der Waals surface area (Å²) in [6, 6.07) is 2.54. The van der Waals surface area contributed by atoms with Crippen molar-refractivity contribution < 1.29 is 22.4 Å².